The fourth-order valence-corrected chi connectivity index (χ4v) is 2.03. The lowest BCUT2D eigenvalue weighted by atomic mass is 10.2. The van der Waals surface area contributed by atoms with E-state index >= 15 is 0 Å². The van der Waals surface area contributed by atoms with Crippen LogP contribution in [0.1, 0.15) is 55.8 Å². The second kappa shape index (κ2) is 7.07. The standard InChI is InChI=1S/C14H23N3O3/c1-5-11(6-2)17-10(4)7-12(16-17)13(18)15-8-9(3)14(19)20/h7,9,11H,5-6,8H2,1-4H3,(H,15,18)(H,19,20). The highest BCUT2D eigenvalue weighted by Gasteiger charge is 2.18. The van der Waals surface area contributed by atoms with Crippen molar-refractivity contribution in [3.63, 3.8) is 0 Å². The van der Waals surface area contributed by atoms with Crippen molar-refractivity contribution < 1.29 is 14.7 Å². The first kappa shape index (κ1) is 16.2. The lowest BCUT2D eigenvalue weighted by molar-refractivity contribution is -0.140. The van der Waals surface area contributed by atoms with Gasteiger partial charge in [-0.25, -0.2) is 0 Å². The van der Waals surface area contributed by atoms with E-state index in [9.17, 15) is 9.59 Å². The third kappa shape index (κ3) is 3.82. The van der Waals surface area contributed by atoms with Crippen LogP contribution in [0.5, 0.6) is 0 Å². The monoisotopic (exact) mass is 281 g/mol. The van der Waals surface area contributed by atoms with Gasteiger partial charge in [0.1, 0.15) is 5.69 Å². The fourth-order valence-electron chi connectivity index (χ4n) is 2.03. The molecule has 6 heteroatoms. The number of nitrogens with zero attached hydrogens (tertiary/aromatic N) is 2. The summed E-state index contributed by atoms with van der Waals surface area (Å²) < 4.78 is 1.87. The van der Waals surface area contributed by atoms with Crippen molar-refractivity contribution >= 4 is 11.9 Å². The van der Waals surface area contributed by atoms with Gasteiger partial charge in [0, 0.05) is 12.2 Å². The predicted molar refractivity (Wildman–Crippen MR) is 75.7 cm³/mol. The Balaban J connectivity index is 2.75. The van der Waals surface area contributed by atoms with Crippen LogP contribution in [0.15, 0.2) is 6.07 Å². The zero-order valence-electron chi connectivity index (χ0n) is 12.5. The van der Waals surface area contributed by atoms with E-state index in [-0.39, 0.29) is 18.5 Å². The third-order valence-corrected chi connectivity index (χ3v) is 3.43. The zero-order chi connectivity index (χ0) is 15.3. The lowest BCUT2D eigenvalue weighted by Gasteiger charge is -2.14. The van der Waals surface area contributed by atoms with Gasteiger partial charge in [-0.15, -0.1) is 0 Å². The van der Waals surface area contributed by atoms with Crippen molar-refractivity contribution in [2.75, 3.05) is 6.54 Å². The Morgan fingerprint density at radius 1 is 1.40 bits per heavy atom. The number of hydrogen-bond acceptors (Lipinski definition) is 3. The molecule has 0 bridgehead atoms. The molecule has 1 rings (SSSR count). The van der Waals surface area contributed by atoms with Crippen molar-refractivity contribution in [1.82, 2.24) is 15.1 Å². The second-order valence-electron chi connectivity index (χ2n) is 5.04. The summed E-state index contributed by atoms with van der Waals surface area (Å²) in [7, 11) is 0. The summed E-state index contributed by atoms with van der Waals surface area (Å²) in [6, 6.07) is 2.02. The average Bonchev–Trinajstić information content (AvgIpc) is 2.79. The van der Waals surface area contributed by atoms with E-state index in [4.69, 9.17) is 5.11 Å². The molecule has 0 saturated heterocycles. The van der Waals surface area contributed by atoms with E-state index in [0.29, 0.717) is 5.69 Å². The van der Waals surface area contributed by atoms with E-state index in [0.717, 1.165) is 18.5 Å². The molecule has 2 N–H and O–H groups in total. The molecule has 0 aliphatic rings. The summed E-state index contributed by atoms with van der Waals surface area (Å²) >= 11 is 0. The number of carboxylic acids is 1. The van der Waals surface area contributed by atoms with Crippen molar-refractivity contribution in [1.29, 1.82) is 0 Å². The van der Waals surface area contributed by atoms with Gasteiger partial charge in [0.15, 0.2) is 0 Å². The number of carboxylic acid groups (broad SMARTS) is 1. The number of carbonyl (C=O) groups is 2. The maximum atomic E-state index is 12.0. The summed E-state index contributed by atoms with van der Waals surface area (Å²) in [5.41, 5.74) is 1.28. The van der Waals surface area contributed by atoms with Crippen LogP contribution < -0.4 is 5.32 Å². The quantitative estimate of drug-likeness (QED) is 0.800. The first-order valence-corrected chi connectivity index (χ1v) is 6.97. The van der Waals surface area contributed by atoms with Gasteiger partial charge >= 0.3 is 5.97 Å². The summed E-state index contributed by atoms with van der Waals surface area (Å²) in [5.74, 6) is -1.86. The zero-order valence-corrected chi connectivity index (χ0v) is 12.5. The van der Waals surface area contributed by atoms with Crippen LogP contribution in [0.3, 0.4) is 0 Å². The van der Waals surface area contributed by atoms with Gasteiger partial charge in [0.2, 0.25) is 0 Å². The van der Waals surface area contributed by atoms with Crippen LogP contribution in [0.25, 0.3) is 0 Å². The van der Waals surface area contributed by atoms with Gasteiger partial charge in [-0.2, -0.15) is 5.10 Å². The first-order valence-electron chi connectivity index (χ1n) is 6.97. The lowest BCUT2D eigenvalue weighted by Crippen LogP contribution is -2.31. The molecule has 0 aliphatic carbocycles. The minimum absolute atomic E-state index is 0.102. The SMILES string of the molecule is CCC(CC)n1nc(C(=O)NCC(C)C(=O)O)cc1C. The summed E-state index contributed by atoms with van der Waals surface area (Å²) in [6.07, 6.45) is 1.91. The molecule has 1 unspecified atom stereocenters. The number of amides is 1. The molecule has 1 amide bonds. The Kier molecular flexibility index (Phi) is 5.73. The Hall–Kier alpha value is -1.85. The van der Waals surface area contributed by atoms with Gasteiger partial charge in [0.05, 0.1) is 12.0 Å². The highest BCUT2D eigenvalue weighted by Crippen LogP contribution is 2.17. The highest BCUT2D eigenvalue weighted by molar-refractivity contribution is 5.92. The smallest absolute Gasteiger partial charge is 0.308 e. The van der Waals surface area contributed by atoms with Crippen LogP contribution in [0.2, 0.25) is 0 Å². The van der Waals surface area contributed by atoms with Crippen molar-refractivity contribution in [3.8, 4) is 0 Å². The molecule has 0 aromatic carbocycles. The van der Waals surface area contributed by atoms with Crippen LogP contribution >= 0.6 is 0 Å². The normalized spacial score (nSPS) is 12.4. The summed E-state index contributed by atoms with van der Waals surface area (Å²) in [5, 5.41) is 15.7. The van der Waals surface area contributed by atoms with E-state index in [1.165, 1.54) is 0 Å². The molecular formula is C14H23N3O3. The third-order valence-electron chi connectivity index (χ3n) is 3.43. The van der Waals surface area contributed by atoms with Gasteiger partial charge in [0.25, 0.3) is 5.91 Å². The number of aliphatic carboxylic acids is 1. The highest BCUT2D eigenvalue weighted by atomic mass is 16.4. The predicted octanol–water partition coefficient (Wildman–Crippen LogP) is 2.00. The molecule has 0 saturated carbocycles. The van der Waals surface area contributed by atoms with Crippen LogP contribution in [0.4, 0.5) is 0 Å². The molecular weight excluding hydrogens is 258 g/mol. The number of aryl methyl sites for hydroxylation is 1. The van der Waals surface area contributed by atoms with Crippen LogP contribution in [-0.2, 0) is 4.79 Å². The molecule has 1 heterocycles. The Labute approximate surface area is 119 Å². The van der Waals surface area contributed by atoms with Gasteiger partial charge in [-0.05, 0) is 25.8 Å². The van der Waals surface area contributed by atoms with Crippen LogP contribution in [0, 0.1) is 12.8 Å². The molecule has 112 valence electrons. The maximum absolute atomic E-state index is 12.0. The topological polar surface area (TPSA) is 84.2 Å². The number of hydrogen-bond donors (Lipinski definition) is 2. The minimum atomic E-state index is -0.927. The number of nitrogens with one attached hydrogen (secondary N) is 1. The second-order valence-corrected chi connectivity index (χ2v) is 5.04. The molecule has 20 heavy (non-hydrogen) atoms. The minimum Gasteiger partial charge on any atom is -0.481 e. The Bertz CT molecular complexity index is 478. The Morgan fingerprint density at radius 2 is 2.00 bits per heavy atom. The molecule has 0 aliphatic heterocycles. The van der Waals surface area contributed by atoms with Crippen molar-refractivity contribution in [2.24, 2.45) is 5.92 Å². The van der Waals surface area contributed by atoms with E-state index in [2.05, 4.69) is 24.3 Å². The molecule has 1 aromatic heterocycles. The largest absolute Gasteiger partial charge is 0.481 e. The molecule has 0 radical (unpaired) electrons. The van der Waals surface area contributed by atoms with E-state index in [1.54, 1.807) is 13.0 Å². The molecule has 0 spiro atoms. The molecule has 0 fully saturated rings. The molecule has 1 aromatic rings. The van der Waals surface area contributed by atoms with Crippen molar-refractivity contribution in [2.45, 2.75) is 46.6 Å². The van der Waals surface area contributed by atoms with E-state index in [1.807, 2.05) is 11.6 Å². The molecule has 6 nitrogen and oxygen atoms in total. The maximum Gasteiger partial charge on any atom is 0.308 e. The molecule has 1 atom stereocenters. The first-order chi connectivity index (χ1) is 9.40. The number of carbonyl (C=O) groups excluding carboxylic acids is 1. The van der Waals surface area contributed by atoms with Crippen molar-refractivity contribution in [3.05, 3.63) is 17.5 Å². The van der Waals surface area contributed by atoms with Gasteiger partial charge in [-0.1, -0.05) is 20.8 Å². The Morgan fingerprint density at radius 3 is 2.50 bits per heavy atom. The number of aromatic nitrogens is 2. The summed E-state index contributed by atoms with van der Waals surface area (Å²) in [6.45, 7) is 7.75. The number of rotatable bonds is 7. The average molecular weight is 281 g/mol. The van der Waals surface area contributed by atoms with E-state index < -0.39 is 11.9 Å². The van der Waals surface area contributed by atoms with Gasteiger partial charge in [-0.3, -0.25) is 14.3 Å². The fraction of sp³-hybridized carbons (Fsp3) is 0.643. The summed E-state index contributed by atoms with van der Waals surface area (Å²) in [4.78, 5) is 22.7. The van der Waals surface area contributed by atoms with Gasteiger partial charge < -0.3 is 10.4 Å². The van der Waals surface area contributed by atoms with Crippen LogP contribution in [-0.4, -0.2) is 33.3 Å².